The van der Waals surface area contributed by atoms with Gasteiger partial charge in [-0.3, -0.25) is 0 Å². The molecule has 170 valence electrons. The maximum absolute atomic E-state index is 2.53. The Morgan fingerprint density at radius 2 is 0.786 bits per heavy atom. The van der Waals surface area contributed by atoms with Crippen LogP contribution in [0.1, 0.15) is 169 Å². The van der Waals surface area contributed by atoms with Gasteiger partial charge in [-0.05, 0) is 37.0 Å². The molecule has 0 aliphatic carbocycles. The van der Waals surface area contributed by atoms with Crippen LogP contribution in [0.5, 0.6) is 0 Å². The van der Waals surface area contributed by atoms with Crippen molar-refractivity contribution < 1.29 is 0 Å². The third-order valence-corrected chi connectivity index (χ3v) is 7.44. The third-order valence-electron chi connectivity index (χ3n) is 7.44. The zero-order valence-electron chi connectivity index (χ0n) is 20.9. The van der Waals surface area contributed by atoms with Gasteiger partial charge < -0.3 is 0 Å². The highest BCUT2D eigenvalue weighted by Crippen LogP contribution is 2.47. The number of unbranched alkanes of at least 4 members (excludes halogenated alkanes) is 12. The Kier molecular flexibility index (Phi) is 20.3. The minimum Gasteiger partial charge on any atom is -0.0654 e. The highest BCUT2D eigenvalue weighted by molar-refractivity contribution is 4.86. The van der Waals surface area contributed by atoms with Crippen molar-refractivity contribution in [3.63, 3.8) is 0 Å². The second kappa shape index (κ2) is 20.3. The summed E-state index contributed by atoms with van der Waals surface area (Å²) in [5.41, 5.74) is 0.653. The summed E-state index contributed by atoms with van der Waals surface area (Å²) in [4.78, 5) is 0. The van der Waals surface area contributed by atoms with E-state index in [0.29, 0.717) is 5.41 Å². The fraction of sp³-hybridized carbons (Fsp3) is 1.00. The van der Waals surface area contributed by atoms with Crippen LogP contribution in [0.3, 0.4) is 0 Å². The van der Waals surface area contributed by atoms with Crippen molar-refractivity contribution in [2.45, 2.75) is 169 Å². The average molecular weight is 395 g/mol. The largest absolute Gasteiger partial charge is 0.0654 e. The van der Waals surface area contributed by atoms with Gasteiger partial charge in [-0.25, -0.2) is 0 Å². The van der Waals surface area contributed by atoms with E-state index in [1.54, 1.807) is 0 Å². The summed E-state index contributed by atoms with van der Waals surface area (Å²) in [6.45, 7) is 11.9. The molecule has 0 bridgehead atoms. The first-order valence-corrected chi connectivity index (χ1v) is 13.7. The van der Waals surface area contributed by atoms with Gasteiger partial charge in [0.2, 0.25) is 0 Å². The standard InChI is InChI=1S/C28H58/c1-6-11-15-18-20-24-27(23-19-16-12-7-2)28(10-5,25-21-14-9-4)26-22-17-13-8-3/h27H,6-26H2,1-5H3. The summed E-state index contributed by atoms with van der Waals surface area (Å²) < 4.78 is 0. The zero-order chi connectivity index (χ0) is 20.9. The highest BCUT2D eigenvalue weighted by Gasteiger charge is 2.35. The Hall–Kier alpha value is 0. The van der Waals surface area contributed by atoms with Crippen molar-refractivity contribution in [2.24, 2.45) is 11.3 Å². The first-order chi connectivity index (χ1) is 13.7. The van der Waals surface area contributed by atoms with Crippen molar-refractivity contribution in [3.8, 4) is 0 Å². The number of hydrogen-bond donors (Lipinski definition) is 0. The van der Waals surface area contributed by atoms with Crippen molar-refractivity contribution in [1.29, 1.82) is 0 Å². The summed E-state index contributed by atoms with van der Waals surface area (Å²) in [5, 5.41) is 0. The van der Waals surface area contributed by atoms with E-state index >= 15 is 0 Å². The molecule has 0 radical (unpaired) electrons. The SMILES string of the molecule is CCCCCCCC(CCCCCC)C(CC)(CCCCC)CCCCCC. The van der Waals surface area contributed by atoms with Crippen LogP contribution in [0, 0.1) is 11.3 Å². The van der Waals surface area contributed by atoms with E-state index in [0.717, 1.165) is 5.92 Å². The Labute approximate surface area is 181 Å². The molecule has 0 saturated carbocycles. The fourth-order valence-electron chi connectivity index (χ4n) is 5.37. The maximum Gasteiger partial charge on any atom is -0.0272 e. The Morgan fingerprint density at radius 3 is 1.25 bits per heavy atom. The molecule has 0 rings (SSSR count). The zero-order valence-corrected chi connectivity index (χ0v) is 20.9. The normalized spacial score (nSPS) is 14.9. The van der Waals surface area contributed by atoms with Crippen LogP contribution in [0.4, 0.5) is 0 Å². The molecule has 2 atom stereocenters. The lowest BCUT2D eigenvalue weighted by atomic mass is 9.63. The third kappa shape index (κ3) is 13.3. The topological polar surface area (TPSA) is 0 Å². The Balaban J connectivity index is 5.00. The molecule has 0 N–H and O–H groups in total. The lowest BCUT2D eigenvalue weighted by molar-refractivity contribution is 0.0912. The van der Waals surface area contributed by atoms with Gasteiger partial charge in [-0.1, -0.05) is 144 Å². The molecule has 0 fully saturated rings. The van der Waals surface area contributed by atoms with Gasteiger partial charge >= 0.3 is 0 Å². The molecule has 0 heteroatoms. The van der Waals surface area contributed by atoms with E-state index < -0.39 is 0 Å². The minimum atomic E-state index is 0.653. The second-order valence-corrected chi connectivity index (χ2v) is 9.73. The lowest BCUT2D eigenvalue weighted by Crippen LogP contribution is -2.31. The van der Waals surface area contributed by atoms with Gasteiger partial charge in [0.15, 0.2) is 0 Å². The van der Waals surface area contributed by atoms with Gasteiger partial charge in [0.1, 0.15) is 0 Å². The molecule has 28 heavy (non-hydrogen) atoms. The molecule has 0 spiro atoms. The predicted molar refractivity (Wildman–Crippen MR) is 131 cm³/mol. The smallest absolute Gasteiger partial charge is 0.0272 e. The van der Waals surface area contributed by atoms with Crippen molar-refractivity contribution >= 4 is 0 Å². The number of rotatable bonds is 22. The molecule has 0 saturated heterocycles. The molecule has 0 aromatic carbocycles. The Bertz CT molecular complexity index is 294. The summed E-state index contributed by atoms with van der Waals surface area (Å²) in [6.07, 6.45) is 30.5. The molecule has 0 aliphatic heterocycles. The maximum atomic E-state index is 2.53. The quantitative estimate of drug-likeness (QED) is 0.160. The predicted octanol–water partition coefficient (Wildman–Crippen LogP) is 10.9. The van der Waals surface area contributed by atoms with Crippen LogP contribution in [-0.4, -0.2) is 0 Å². The van der Waals surface area contributed by atoms with Gasteiger partial charge in [-0.2, -0.15) is 0 Å². The molecule has 2 unspecified atom stereocenters. The monoisotopic (exact) mass is 394 g/mol. The summed E-state index contributed by atoms with van der Waals surface area (Å²) in [7, 11) is 0. The van der Waals surface area contributed by atoms with E-state index in [4.69, 9.17) is 0 Å². The number of hydrogen-bond acceptors (Lipinski definition) is 0. The minimum absolute atomic E-state index is 0.653. The van der Waals surface area contributed by atoms with E-state index in [2.05, 4.69) is 34.6 Å². The molecular formula is C28H58. The second-order valence-electron chi connectivity index (χ2n) is 9.73. The van der Waals surface area contributed by atoms with E-state index in [-0.39, 0.29) is 0 Å². The highest BCUT2D eigenvalue weighted by atomic mass is 14.4. The first-order valence-electron chi connectivity index (χ1n) is 13.7. The van der Waals surface area contributed by atoms with E-state index in [1.165, 1.54) is 135 Å². The van der Waals surface area contributed by atoms with Gasteiger partial charge in [0.05, 0.1) is 0 Å². The van der Waals surface area contributed by atoms with Crippen molar-refractivity contribution in [2.75, 3.05) is 0 Å². The molecule has 0 aliphatic rings. The van der Waals surface area contributed by atoms with Crippen LogP contribution < -0.4 is 0 Å². The van der Waals surface area contributed by atoms with Crippen molar-refractivity contribution in [3.05, 3.63) is 0 Å². The van der Waals surface area contributed by atoms with Crippen LogP contribution in [-0.2, 0) is 0 Å². The van der Waals surface area contributed by atoms with Gasteiger partial charge in [0, 0.05) is 0 Å². The Morgan fingerprint density at radius 1 is 0.429 bits per heavy atom. The van der Waals surface area contributed by atoms with Crippen LogP contribution in [0.25, 0.3) is 0 Å². The lowest BCUT2D eigenvalue weighted by Gasteiger charge is -2.42. The van der Waals surface area contributed by atoms with Gasteiger partial charge in [0.25, 0.3) is 0 Å². The molecule has 0 aromatic heterocycles. The van der Waals surface area contributed by atoms with Crippen molar-refractivity contribution in [1.82, 2.24) is 0 Å². The van der Waals surface area contributed by atoms with Crippen LogP contribution in [0.2, 0.25) is 0 Å². The van der Waals surface area contributed by atoms with Crippen LogP contribution in [0.15, 0.2) is 0 Å². The molecule has 0 heterocycles. The van der Waals surface area contributed by atoms with E-state index in [1.807, 2.05) is 0 Å². The van der Waals surface area contributed by atoms with Crippen LogP contribution >= 0.6 is 0 Å². The first kappa shape index (κ1) is 28.0. The molecule has 0 aromatic rings. The van der Waals surface area contributed by atoms with E-state index in [9.17, 15) is 0 Å². The summed E-state index contributed by atoms with van der Waals surface area (Å²) in [5.74, 6) is 0.995. The fourth-order valence-corrected chi connectivity index (χ4v) is 5.37. The van der Waals surface area contributed by atoms with Gasteiger partial charge in [-0.15, -0.1) is 0 Å². The average Bonchev–Trinajstić information content (AvgIpc) is 2.71. The summed E-state index contributed by atoms with van der Waals surface area (Å²) >= 11 is 0. The molecular weight excluding hydrogens is 336 g/mol. The molecule has 0 amide bonds. The molecule has 0 nitrogen and oxygen atoms in total. The summed E-state index contributed by atoms with van der Waals surface area (Å²) in [6, 6.07) is 0.